The first-order valence-corrected chi connectivity index (χ1v) is 9.24. The summed E-state index contributed by atoms with van der Waals surface area (Å²) in [5.41, 5.74) is 0.713. The first-order valence-electron chi connectivity index (χ1n) is 7.80. The molecule has 0 saturated carbocycles. The van der Waals surface area contributed by atoms with Crippen molar-refractivity contribution >= 4 is 27.6 Å². The quantitative estimate of drug-likeness (QED) is 0.691. The van der Waals surface area contributed by atoms with E-state index in [4.69, 9.17) is 0 Å². The zero-order valence-corrected chi connectivity index (χ0v) is 14.7. The number of methoxy groups -OCH3 is 1. The standard InChI is InChI=1S/C16H22N2O5S/c1-17(11-4-6-16(20)23-2)24(21,22)14-9-7-13(8-10-14)18-12-3-5-15(18)19/h7-10H,3-6,11-12H2,1-2H3. The van der Waals surface area contributed by atoms with E-state index in [2.05, 4.69) is 4.74 Å². The molecule has 0 spiro atoms. The number of sulfonamides is 1. The maximum absolute atomic E-state index is 12.5. The third-order valence-corrected chi connectivity index (χ3v) is 5.88. The molecule has 1 heterocycles. The van der Waals surface area contributed by atoms with Gasteiger partial charge in [0.2, 0.25) is 15.9 Å². The lowest BCUT2D eigenvalue weighted by Gasteiger charge is -2.19. The van der Waals surface area contributed by atoms with Crippen molar-refractivity contribution in [2.24, 2.45) is 0 Å². The van der Waals surface area contributed by atoms with Gasteiger partial charge in [0, 0.05) is 38.7 Å². The third-order valence-electron chi connectivity index (χ3n) is 4.01. The fourth-order valence-electron chi connectivity index (χ4n) is 2.57. The molecule has 1 aromatic rings. The molecule has 8 heteroatoms. The molecule has 2 rings (SSSR count). The van der Waals surface area contributed by atoms with E-state index in [-0.39, 0.29) is 29.7 Å². The smallest absolute Gasteiger partial charge is 0.305 e. The average molecular weight is 354 g/mol. The lowest BCUT2D eigenvalue weighted by molar-refractivity contribution is -0.140. The Kier molecular flexibility index (Phi) is 5.95. The number of amides is 1. The van der Waals surface area contributed by atoms with E-state index in [1.54, 1.807) is 17.0 Å². The van der Waals surface area contributed by atoms with Gasteiger partial charge >= 0.3 is 5.97 Å². The second-order valence-electron chi connectivity index (χ2n) is 5.65. The Morgan fingerprint density at radius 1 is 1.29 bits per heavy atom. The predicted molar refractivity (Wildman–Crippen MR) is 89.1 cm³/mol. The molecule has 0 aliphatic carbocycles. The minimum Gasteiger partial charge on any atom is -0.469 e. The number of anilines is 1. The molecular weight excluding hydrogens is 332 g/mol. The van der Waals surface area contributed by atoms with Gasteiger partial charge in [0.15, 0.2) is 0 Å². The summed E-state index contributed by atoms with van der Waals surface area (Å²) in [6, 6.07) is 6.32. The van der Waals surface area contributed by atoms with E-state index >= 15 is 0 Å². The molecule has 0 aromatic heterocycles. The fraction of sp³-hybridized carbons (Fsp3) is 0.500. The summed E-state index contributed by atoms with van der Waals surface area (Å²) in [5.74, 6) is -0.300. The summed E-state index contributed by atoms with van der Waals surface area (Å²) in [5, 5.41) is 0. The van der Waals surface area contributed by atoms with E-state index in [1.165, 1.54) is 30.6 Å². The molecule has 7 nitrogen and oxygen atoms in total. The molecule has 1 saturated heterocycles. The van der Waals surface area contributed by atoms with Crippen molar-refractivity contribution in [1.29, 1.82) is 0 Å². The monoisotopic (exact) mass is 354 g/mol. The van der Waals surface area contributed by atoms with Crippen molar-refractivity contribution in [3.8, 4) is 0 Å². The Balaban J connectivity index is 2.03. The minimum atomic E-state index is -3.62. The molecule has 0 atom stereocenters. The van der Waals surface area contributed by atoms with Gasteiger partial charge in [-0.1, -0.05) is 0 Å². The number of esters is 1. The maximum atomic E-state index is 12.5. The average Bonchev–Trinajstić information content (AvgIpc) is 3.00. The SMILES string of the molecule is COC(=O)CCCN(C)S(=O)(=O)c1ccc(N2CCCC2=O)cc1. The molecule has 0 radical (unpaired) electrons. The van der Waals surface area contributed by atoms with Crippen molar-refractivity contribution in [3.63, 3.8) is 0 Å². The van der Waals surface area contributed by atoms with Crippen LogP contribution in [0.1, 0.15) is 25.7 Å². The predicted octanol–water partition coefficient (Wildman–Crippen LogP) is 1.39. The molecular formula is C16H22N2O5S. The Hall–Kier alpha value is -1.93. The van der Waals surface area contributed by atoms with E-state index in [1.807, 2.05) is 0 Å². The number of carbonyl (C=O) groups excluding carboxylic acids is 2. The van der Waals surface area contributed by atoms with Crippen LogP contribution >= 0.6 is 0 Å². The highest BCUT2D eigenvalue weighted by Crippen LogP contribution is 2.24. The summed E-state index contributed by atoms with van der Waals surface area (Å²) in [6.45, 7) is 0.891. The van der Waals surface area contributed by atoms with Crippen LogP contribution in [0.5, 0.6) is 0 Å². The van der Waals surface area contributed by atoms with Crippen LogP contribution in [0.15, 0.2) is 29.2 Å². The Morgan fingerprint density at radius 2 is 1.96 bits per heavy atom. The van der Waals surface area contributed by atoms with Gasteiger partial charge in [0.1, 0.15) is 0 Å². The Labute approximate surface area is 142 Å². The summed E-state index contributed by atoms with van der Waals surface area (Å²) in [6.07, 6.45) is 1.92. The van der Waals surface area contributed by atoms with Crippen molar-refractivity contribution in [2.45, 2.75) is 30.6 Å². The van der Waals surface area contributed by atoms with Crippen LogP contribution in [0.2, 0.25) is 0 Å². The molecule has 1 aliphatic rings. The van der Waals surface area contributed by atoms with Crippen molar-refractivity contribution < 1.29 is 22.7 Å². The van der Waals surface area contributed by atoms with Gasteiger partial charge in [-0.25, -0.2) is 12.7 Å². The number of rotatable bonds is 7. The van der Waals surface area contributed by atoms with Gasteiger partial charge in [-0.3, -0.25) is 9.59 Å². The molecule has 132 valence electrons. The van der Waals surface area contributed by atoms with Gasteiger partial charge in [0.25, 0.3) is 0 Å². The lowest BCUT2D eigenvalue weighted by atomic mass is 10.3. The third kappa shape index (κ3) is 4.12. The topological polar surface area (TPSA) is 84.0 Å². The zero-order valence-electron chi connectivity index (χ0n) is 13.9. The number of carbonyl (C=O) groups is 2. The second kappa shape index (κ2) is 7.76. The minimum absolute atomic E-state index is 0.0607. The molecule has 1 aromatic carbocycles. The molecule has 0 bridgehead atoms. The summed E-state index contributed by atoms with van der Waals surface area (Å²) < 4.78 is 30.8. The number of ether oxygens (including phenoxy) is 1. The van der Waals surface area contributed by atoms with E-state index in [0.29, 0.717) is 25.1 Å². The van der Waals surface area contributed by atoms with Crippen molar-refractivity contribution in [3.05, 3.63) is 24.3 Å². The van der Waals surface area contributed by atoms with E-state index < -0.39 is 10.0 Å². The largest absolute Gasteiger partial charge is 0.469 e. The molecule has 0 unspecified atom stereocenters. The highest BCUT2D eigenvalue weighted by atomic mass is 32.2. The molecule has 1 amide bonds. The van der Waals surface area contributed by atoms with Gasteiger partial charge in [-0.15, -0.1) is 0 Å². The lowest BCUT2D eigenvalue weighted by Crippen LogP contribution is -2.28. The highest BCUT2D eigenvalue weighted by Gasteiger charge is 2.24. The van der Waals surface area contributed by atoms with Crippen LogP contribution in [0.4, 0.5) is 5.69 Å². The van der Waals surface area contributed by atoms with Crippen molar-refractivity contribution in [2.75, 3.05) is 32.1 Å². The first-order chi connectivity index (χ1) is 11.4. The van der Waals surface area contributed by atoms with Crippen LogP contribution in [0.3, 0.4) is 0 Å². The number of nitrogens with zero attached hydrogens (tertiary/aromatic N) is 2. The Bertz CT molecular complexity index is 700. The van der Waals surface area contributed by atoms with E-state index in [0.717, 1.165) is 6.42 Å². The van der Waals surface area contributed by atoms with Gasteiger partial charge in [-0.2, -0.15) is 0 Å². The van der Waals surface area contributed by atoms with E-state index in [9.17, 15) is 18.0 Å². The number of hydrogen-bond acceptors (Lipinski definition) is 5. The number of hydrogen-bond donors (Lipinski definition) is 0. The molecule has 24 heavy (non-hydrogen) atoms. The van der Waals surface area contributed by atoms with Gasteiger partial charge in [0.05, 0.1) is 12.0 Å². The molecule has 1 fully saturated rings. The maximum Gasteiger partial charge on any atom is 0.305 e. The zero-order chi connectivity index (χ0) is 17.7. The van der Waals surface area contributed by atoms with Gasteiger partial charge < -0.3 is 9.64 Å². The normalized spacial score (nSPS) is 15.1. The summed E-state index contributed by atoms with van der Waals surface area (Å²) in [7, 11) is -0.842. The van der Waals surface area contributed by atoms with Crippen LogP contribution in [0, 0.1) is 0 Å². The van der Waals surface area contributed by atoms with Gasteiger partial charge in [-0.05, 0) is 37.1 Å². The van der Waals surface area contributed by atoms with Crippen LogP contribution in [0.25, 0.3) is 0 Å². The second-order valence-corrected chi connectivity index (χ2v) is 7.69. The van der Waals surface area contributed by atoms with Crippen LogP contribution in [-0.4, -0.2) is 51.8 Å². The molecule has 0 N–H and O–H groups in total. The first kappa shape index (κ1) is 18.4. The highest BCUT2D eigenvalue weighted by molar-refractivity contribution is 7.89. The Morgan fingerprint density at radius 3 is 2.50 bits per heavy atom. The summed E-state index contributed by atoms with van der Waals surface area (Å²) >= 11 is 0. The van der Waals surface area contributed by atoms with Crippen LogP contribution in [-0.2, 0) is 24.3 Å². The summed E-state index contributed by atoms with van der Waals surface area (Å²) in [4.78, 5) is 24.6. The fourth-order valence-corrected chi connectivity index (χ4v) is 3.78. The van der Waals surface area contributed by atoms with Crippen LogP contribution < -0.4 is 4.90 Å². The molecule has 1 aliphatic heterocycles. The van der Waals surface area contributed by atoms with Crippen molar-refractivity contribution in [1.82, 2.24) is 4.31 Å². The number of benzene rings is 1.